The number of ether oxygens (including phenoxy) is 1. The highest BCUT2D eigenvalue weighted by molar-refractivity contribution is 7.89. The van der Waals surface area contributed by atoms with Gasteiger partial charge in [0.2, 0.25) is 5.09 Å². The molecule has 118 valence electrons. The first-order valence-corrected chi connectivity index (χ1v) is 8.02. The Balaban J connectivity index is 2.09. The first kappa shape index (κ1) is 16.1. The van der Waals surface area contributed by atoms with E-state index >= 15 is 0 Å². The van der Waals surface area contributed by atoms with E-state index in [1.807, 2.05) is 6.92 Å². The van der Waals surface area contributed by atoms with Gasteiger partial charge in [0.1, 0.15) is 5.75 Å². The summed E-state index contributed by atoms with van der Waals surface area (Å²) >= 11 is 0. The van der Waals surface area contributed by atoms with Crippen LogP contribution in [0, 0.1) is 0 Å². The second-order valence-corrected chi connectivity index (χ2v) is 6.06. The Labute approximate surface area is 128 Å². The number of carbonyl (C=O) groups excluding carboxylic acids is 1. The number of rotatable bonds is 6. The molecule has 0 atom stereocenters. The fourth-order valence-corrected chi connectivity index (χ4v) is 2.33. The molecule has 0 bridgehead atoms. The third-order valence-electron chi connectivity index (χ3n) is 2.76. The number of sulfonamides is 1. The molecule has 8 heteroatoms. The van der Waals surface area contributed by atoms with Crippen molar-refractivity contribution in [1.82, 2.24) is 4.72 Å². The van der Waals surface area contributed by atoms with Crippen molar-refractivity contribution in [3.63, 3.8) is 0 Å². The summed E-state index contributed by atoms with van der Waals surface area (Å²) in [4.78, 5) is 12.0. The molecule has 22 heavy (non-hydrogen) atoms. The van der Waals surface area contributed by atoms with Crippen LogP contribution in [0.3, 0.4) is 0 Å². The van der Waals surface area contributed by atoms with Crippen LogP contribution in [-0.4, -0.2) is 28.0 Å². The lowest BCUT2D eigenvalue weighted by Gasteiger charge is -2.05. The molecule has 0 saturated heterocycles. The highest BCUT2D eigenvalue weighted by Crippen LogP contribution is 2.18. The lowest BCUT2D eigenvalue weighted by molar-refractivity contribution is 0.0991. The smallest absolute Gasteiger partial charge is 0.291 e. The molecule has 2 rings (SSSR count). The van der Waals surface area contributed by atoms with Crippen LogP contribution >= 0.6 is 0 Å². The van der Waals surface area contributed by atoms with Crippen molar-refractivity contribution < 1.29 is 22.4 Å². The highest BCUT2D eigenvalue weighted by Gasteiger charge is 2.19. The van der Waals surface area contributed by atoms with Gasteiger partial charge in [-0.25, -0.2) is 13.1 Å². The Morgan fingerprint density at radius 1 is 1.18 bits per heavy atom. The average molecular weight is 324 g/mol. The number of nitrogens with one attached hydrogen (secondary N) is 2. The first-order valence-electron chi connectivity index (χ1n) is 6.54. The molecule has 0 aliphatic carbocycles. The maximum absolute atomic E-state index is 12.0. The van der Waals surface area contributed by atoms with E-state index < -0.39 is 15.9 Å². The summed E-state index contributed by atoms with van der Waals surface area (Å²) in [6.45, 7) is 2.43. The van der Waals surface area contributed by atoms with Crippen LogP contribution in [0.1, 0.15) is 17.5 Å². The van der Waals surface area contributed by atoms with Crippen molar-refractivity contribution in [1.29, 1.82) is 0 Å². The highest BCUT2D eigenvalue weighted by atomic mass is 32.2. The van der Waals surface area contributed by atoms with Crippen molar-refractivity contribution >= 4 is 21.6 Å². The average Bonchev–Trinajstić information content (AvgIpc) is 3.00. The van der Waals surface area contributed by atoms with Crippen LogP contribution in [0.5, 0.6) is 5.75 Å². The number of anilines is 1. The van der Waals surface area contributed by atoms with Gasteiger partial charge in [0, 0.05) is 5.69 Å². The number of amides is 1. The molecule has 2 N–H and O–H groups in total. The van der Waals surface area contributed by atoms with Crippen LogP contribution in [0.25, 0.3) is 0 Å². The van der Waals surface area contributed by atoms with Gasteiger partial charge in [-0.1, -0.05) is 0 Å². The largest absolute Gasteiger partial charge is 0.494 e. The summed E-state index contributed by atoms with van der Waals surface area (Å²) in [5.74, 6) is 0.0605. The minimum absolute atomic E-state index is 0.0947. The van der Waals surface area contributed by atoms with Crippen molar-refractivity contribution in [2.45, 2.75) is 12.0 Å². The van der Waals surface area contributed by atoms with E-state index in [9.17, 15) is 13.2 Å². The van der Waals surface area contributed by atoms with Gasteiger partial charge < -0.3 is 14.5 Å². The van der Waals surface area contributed by atoms with E-state index in [0.29, 0.717) is 18.0 Å². The molecule has 0 aliphatic heterocycles. The summed E-state index contributed by atoms with van der Waals surface area (Å²) in [6, 6.07) is 9.32. The zero-order chi connectivity index (χ0) is 16.2. The summed E-state index contributed by atoms with van der Waals surface area (Å²) in [5.41, 5.74) is 0.544. The van der Waals surface area contributed by atoms with Crippen LogP contribution in [0.15, 0.2) is 45.9 Å². The Kier molecular flexibility index (Phi) is 4.84. The van der Waals surface area contributed by atoms with Crippen molar-refractivity contribution in [3.8, 4) is 5.75 Å². The Bertz CT molecular complexity index is 750. The van der Waals surface area contributed by atoms with Gasteiger partial charge in [-0.3, -0.25) is 4.79 Å². The molecule has 0 radical (unpaired) electrons. The summed E-state index contributed by atoms with van der Waals surface area (Å²) < 4.78 is 35.5. The Morgan fingerprint density at radius 2 is 1.86 bits per heavy atom. The standard InChI is InChI=1S/C14H16N2O5S/c1-3-20-11-6-4-10(5-7-11)16-14(17)12-8-9-13(21-12)22(18,19)15-2/h4-9,15H,3H2,1-2H3,(H,16,17). The number of hydrogen-bond acceptors (Lipinski definition) is 5. The topological polar surface area (TPSA) is 97.6 Å². The van der Waals surface area contributed by atoms with Gasteiger partial charge in [-0.2, -0.15) is 0 Å². The van der Waals surface area contributed by atoms with Crippen molar-refractivity contribution in [2.24, 2.45) is 0 Å². The molecule has 0 fully saturated rings. The third-order valence-corrected chi connectivity index (χ3v) is 4.05. The van der Waals surface area contributed by atoms with E-state index in [2.05, 4.69) is 10.0 Å². The van der Waals surface area contributed by atoms with Crippen LogP contribution in [0.4, 0.5) is 5.69 Å². The fourth-order valence-electron chi connectivity index (χ4n) is 1.68. The fraction of sp³-hybridized carbons (Fsp3) is 0.214. The normalized spacial score (nSPS) is 11.2. The molecule has 1 aromatic carbocycles. The van der Waals surface area contributed by atoms with E-state index in [-0.39, 0.29) is 10.9 Å². The summed E-state index contributed by atoms with van der Waals surface area (Å²) in [7, 11) is -2.45. The predicted octanol–water partition coefficient (Wildman–Crippen LogP) is 1.84. The number of carbonyl (C=O) groups is 1. The maximum Gasteiger partial charge on any atom is 0.291 e. The van der Waals surface area contributed by atoms with Gasteiger partial charge in [-0.05, 0) is 50.4 Å². The quantitative estimate of drug-likeness (QED) is 0.845. The van der Waals surface area contributed by atoms with Gasteiger partial charge >= 0.3 is 0 Å². The minimum Gasteiger partial charge on any atom is -0.494 e. The molecule has 0 spiro atoms. The SMILES string of the molecule is CCOc1ccc(NC(=O)c2ccc(S(=O)(=O)NC)o2)cc1. The minimum atomic E-state index is -3.71. The third kappa shape index (κ3) is 3.66. The number of hydrogen-bond donors (Lipinski definition) is 2. The van der Waals surface area contributed by atoms with E-state index in [4.69, 9.17) is 9.15 Å². The van der Waals surface area contributed by atoms with E-state index in [0.717, 1.165) is 0 Å². The van der Waals surface area contributed by atoms with Crippen LogP contribution < -0.4 is 14.8 Å². The summed E-state index contributed by atoms with van der Waals surface area (Å²) in [6.07, 6.45) is 0. The zero-order valence-electron chi connectivity index (χ0n) is 12.1. The van der Waals surface area contributed by atoms with Crippen molar-refractivity contribution in [3.05, 3.63) is 42.2 Å². The maximum atomic E-state index is 12.0. The van der Waals surface area contributed by atoms with E-state index in [1.54, 1.807) is 24.3 Å². The Morgan fingerprint density at radius 3 is 2.45 bits per heavy atom. The zero-order valence-corrected chi connectivity index (χ0v) is 12.9. The van der Waals surface area contributed by atoms with Gasteiger partial charge in [0.05, 0.1) is 6.61 Å². The van der Waals surface area contributed by atoms with Gasteiger partial charge in [0.15, 0.2) is 5.76 Å². The predicted molar refractivity (Wildman–Crippen MR) is 80.5 cm³/mol. The molecular formula is C14H16N2O5S. The lowest BCUT2D eigenvalue weighted by Crippen LogP contribution is -2.18. The molecule has 1 amide bonds. The Hall–Kier alpha value is -2.32. The second kappa shape index (κ2) is 6.63. The van der Waals surface area contributed by atoms with Crippen LogP contribution in [-0.2, 0) is 10.0 Å². The molecule has 7 nitrogen and oxygen atoms in total. The first-order chi connectivity index (χ1) is 10.5. The van der Waals surface area contributed by atoms with Crippen LogP contribution in [0.2, 0.25) is 0 Å². The summed E-state index contributed by atoms with van der Waals surface area (Å²) in [5, 5.41) is 2.29. The molecular weight excluding hydrogens is 308 g/mol. The molecule has 1 heterocycles. The molecule has 1 aromatic heterocycles. The van der Waals surface area contributed by atoms with Gasteiger partial charge in [-0.15, -0.1) is 0 Å². The monoisotopic (exact) mass is 324 g/mol. The number of benzene rings is 1. The number of furan rings is 1. The lowest BCUT2D eigenvalue weighted by atomic mass is 10.3. The van der Waals surface area contributed by atoms with E-state index in [1.165, 1.54) is 19.2 Å². The van der Waals surface area contributed by atoms with Gasteiger partial charge in [0.25, 0.3) is 15.9 Å². The molecule has 0 unspecified atom stereocenters. The van der Waals surface area contributed by atoms with Crippen molar-refractivity contribution in [2.75, 3.05) is 19.0 Å². The molecule has 0 aliphatic rings. The molecule has 2 aromatic rings. The second-order valence-electron chi connectivity index (χ2n) is 4.24. The molecule has 0 saturated carbocycles.